The molecule has 3 aromatic carbocycles. The van der Waals surface area contributed by atoms with Crippen molar-refractivity contribution < 1.29 is 9.13 Å². The van der Waals surface area contributed by atoms with Crippen molar-refractivity contribution >= 4 is 5.69 Å². The molecule has 1 aliphatic heterocycles. The van der Waals surface area contributed by atoms with Crippen LogP contribution in [0.4, 0.5) is 10.1 Å². The van der Waals surface area contributed by atoms with Crippen LogP contribution >= 0.6 is 0 Å². The number of rotatable bonds is 7. The highest BCUT2D eigenvalue weighted by Gasteiger charge is 2.31. The van der Waals surface area contributed by atoms with Crippen molar-refractivity contribution in [3.8, 4) is 5.75 Å². The maximum Gasteiger partial charge on any atom is 0.173 e. The standard InChI is InChI=1S/C26H27FN6O/c1-34-24-9-5-8-23(18-24)31-14-16-32(17-15-31)25(21-10-12-22(27)13-11-21)26-28-29-30-33(26)19-20-6-3-2-4-7-20/h2-13,18,25H,14-17,19H2,1H3/t25-/m0/s1. The minimum atomic E-state index is -0.255. The molecular formula is C26H27FN6O. The highest BCUT2D eigenvalue weighted by Crippen LogP contribution is 2.30. The van der Waals surface area contributed by atoms with Gasteiger partial charge in [0.25, 0.3) is 0 Å². The van der Waals surface area contributed by atoms with Gasteiger partial charge in [-0.2, -0.15) is 0 Å². The molecule has 0 radical (unpaired) electrons. The second-order valence-corrected chi connectivity index (χ2v) is 8.36. The van der Waals surface area contributed by atoms with Crippen LogP contribution in [0.3, 0.4) is 0 Å². The number of piperazine rings is 1. The zero-order valence-corrected chi connectivity index (χ0v) is 19.1. The van der Waals surface area contributed by atoms with Crippen LogP contribution < -0.4 is 9.64 Å². The van der Waals surface area contributed by atoms with Crippen molar-refractivity contribution in [1.29, 1.82) is 0 Å². The van der Waals surface area contributed by atoms with Crippen LogP contribution in [-0.4, -0.2) is 58.4 Å². The molecule has 0 N–H and O–H groups in total. The highest BCUT2D eigenvalue weighted by atomic mass is 19.1. The fraction of sp³-hybridized carbons (Fsp3) is 0.269. The first-order valence-electron chi connectivity index (χ1n) is 11.4. The van der Waals surface area contributed by atoms with E-state index in [0.717, 1.165) is 54.6 Å². The summed E-state index contributed by atoms with van der Waals surface area (Å²) in [5.74, 6) is 1.35. The Bertz CT molecular complexity index is 1210. The van der Waals surface area contributed by atoms with Gasteiger partial charge in [0.15, 0.2) is 5.82 Å². The van der Waals surface area contributed by atoms with Gasteiger partial charge >= 0.3 is 0 Å². The van der Waals surface area contributed by atoms with Gasteiger partial charge in [-0.25, -0.2) is 9.07 Å². The summed E-state index contributed by atoms with van der Waals surface area (Å²) in [7, 11) is 1.68. The van der Waals surface area contributed by atoms with Gasteiger partial charge in [0.1, 0.15) is 11.6 Å². The summed E-state index contributed by atoms with van der Waals surface area (Å²) in [5, 5.41) is 12.7. The Balaban J connectivity index is 1.41. The number of methoxy groups -OCH3 is 1. The minimum Gasteiger partial charge on any atom is -0.497 e. The van der Waals surface area contributed by atoms with Gasteiger partial charge in [0.2, 0.25) is 0 Å². The first-order valence-corrected chi connectivity index (χ1v) is 11.4. The summed E-state index contributed by atoms with van der Waals surface area (Å²) in [6.07, 6.45) is 0. The summed E-state index contributed by atoms with van der Waals surface area (Å²) < 4.78 is 21.0. The number of hydrogen-bond acceptors (Lipinski definition) is 6. The molecule has 1 atom stereocenters. The first kappa shape index (κ1) is 22.0. The summed E-state index contributed by atoms with van der Waals surface area (Å²) in [4.78, 5) is 4.73. The molecule has 0 spiro atoms. The van der Waals surface area contributed by atoms with Gasteiger partial charge in [-0.1, -0.05) is 48.5 Å². The van der Waals surface area contributed by atoms with E-state index in [1.165, 1.54) is 12.1 Å². The molecule has 0 amide bonds. The lowest BCUT2D eigenvalue weighted by molar-refractivity contribution is 0.201. The number of ether oxygens (including phenoxy) is 1. The van der Waals surface area contributed by atoms with Crippen molar-refractivity contribution in [3.63, 3.8) is 0 Å². The maximum absolute atomic E-state index is 13.7. The van der Waals surface area contributed by atoms with Crippen LogP contribution in [0.15, 0.2) is 78.9 Å². The van der Waals surface area contributed by atoms with Gasteiger partial charge in [0.05, 0.1) is 19.7 Å². The topological polar surface area (TPSA) is 59.3 Å². The summed E-state index contributed by atoms with van der Waals surface area (Å²) in [6, 6.07) is 24.8. The second-order valence-electron chi connectivity index (χ2n) is 8.36. The summed E-state index contributed by atoms with van der Waals surface area (Å²) in [5.41, 5.74) is 3.24. The highest BCUT2D eigenvalue weighted by molar-refractivity contribution is 5.51. The smallest absolute Gasteiger partial charge is 0.173 e. The minimum absolute atomic E-state index is 0.174. The zero-order chi connectivity index (χ0) is 23.3. The molecule has 7 nitrogen and oxygen atoms in total. The number of hydrogen-bond donors (Lipinski definition) is 0. The Hall–Kier alpha value is -3.78. The molecule has 1 saturated heterocycles. The summed E-state index contributed by atoms with van der Waals surface area (Å²) >= 11 is 0. The van der Waals surface area contributed by atoms with E-state index >= 15 is 0 Å². The van der Waals surface area contributed by atoms with Crippen molar-refractivity contribution in [3.05, 3.63) is 102 Å². The molecule has 4 aromatic rings. The van der Waals surface area contributed by atoms with Crippen LogP contribution in [0.2, 0.25) is 0 Å². The number of benzene rings is 3. The van der Waals surface area contributed by atoms with E-state index in [9.17, 15) is 4.39 Å². The second kappa shape index (κ2) is 10.0. The summed E-state index contributed by atoms with van der Waals surface area (Å²) in [6.45, 7) is 3.91. The van der Waals surface area contributed by atoms with Crippen molar-refractivity contribution in [2.24, 2.45) is 0 Å². The number of halogens is 1. The molecule has 34 heavy (non-hydrogen) atoms. The Morgan fingerprint density at radius 2 is 1.68 bits per heavy atom. The van der Waals surface area contributed by atoms with Crippen molar-refractivity contribution in [2.45, 2.75) is 12.6 Å². The van der Waals surface area contributed by atoms with E-state index in [4.69, 9.17) is 4.74 Å². The molecule has 1 fully saturated rings. The largest absolute Gasteiger partial charge is 0.497 e. The normalized spacial score (nSPS) is 15.3. The fourth-order valence-corrected chi connectivity index (χ4v) is 4.49. The lowest BCUT2D eigenvalue weighted by atomic mass is 10.0. The Morgan fingerprint density at radius 1 is 0.912 bits per heavy atom. The van der Waals surface area contributed by atoms with Gasteiger partial charge in [-0.3, -0.25) is 4.90 Å². The van der Waals surface area contributed by atoms with Gasteiger partial charge in [0, 0.05) is 37.9 Å². The Labute approximate surface area is 198 Å². The first-order chi connectivity index (χ1) is 16.7. The average molecular weight is 459 g/mol. The van der Waals surface area contributed by atoms with Gasteiger partial charge in [-0.05, 0) is 45.8 Å². The molecule has 2 heterocycles. The third-order valence-corrected chi connectivity index (χ3v) is 6.26. The van der Waals surface area contributed by atoms with E-state index in [1.54, 1.807) is 7.11 Å². The Morgan fingerprint density at radius 3 is 2.41 bits per heavy atom. The maximum atomic E-state index is 13.7. The average Bonchev–Trinajstić information content (AvgIpc) is 3.34. The molecule has 8 heteroatoms. The predicted octanol–water partition coefficient (Wildman–Crippen LogP) is 3.78. The monoisotopic (exact) mass is 458 g/mol. The van der Waals surface area contributed by atoms with E-state index in [0.29, 0.717) is 6.54 Å². The van der Waals surface area contributed by atoms with Crippen molar-refractivity contribution in [2.75, 3.05) is 38.2 Å². The third-order valence-electron chi connectivity index (χ3n) is 6.26. The SMILES string of the molecule is COc1cccc(N2CCN([C@@H](c3ccc(F)cc3)c3nnnn3Cc3ccccc3)CC2)c1. The van der Waals surface area contributed by atoms with Crippen molar-refractivity contribution in [1.82, 2.24) is 25.1 Å². The van der Waals surface area contributed by atoms with E-state index in [-0.39, 0.29) is 11.9 Å². The molecule has 0 unspecified atom stereocenters. The van der Waals surface area contributed by atoms with Crippen LogP contribution in [0.1, 0.15) is 23.0 Å². The fourth-order valence-electron chi connectivity index (χ4n) is 4.49. The third kappa shape index (κ3) is 4.77. The van der Waals surface area contributed by atoms with E-state index < -0.39 is 0 Å². The van der Waals surface area contributed by atoms with Crippen LogP contribution in [0.25, 0.3) is 0 Å². The lowest BCUT2D eigenvalue weighted by Crippen LogP contribution is -2.48. The predicted molar refractivity (Wildman–Crippen MR) is 128 cm³/mol. The molecule has 1 aliphatic rings. The van der Waals surface area contributed by atoms with Gasteiger partial charge in [-0.15, -0.1) is 5.10 Å². The molecule has 0 saturated carbocycles. The van der Waals surface area contributed by atoms with Gasteiger partial charge < -0.3 is 9.64 Å². The number of anilines is 1. The molecular weight excluding hydrogens is 431 g/mol. The molecule has 0 bridgehead atoms. The van der Waals surface area contributed by atoms with Crippen LogP contribution in [0, 0.1) is 5.82 Å². The van der Waals surface area contributed by atoms with E-state index in [1.807, 2.05) is 47.1 Å². The lowest BCUT2D eigenvalue weighted by Gasteiger charge is -2.40. The number of aromatic nitrogens is 4. The zero-order valence-electron chi connectivity index (χ0n) is 19.1. The molecule has 5 rings (SSSR count). The quantitative estimate of drug-likeness (QED) is 0.420. The Kier molecular flexibility index (Phi) is 6.49. The molecule has 0 aliphatic carbocycles. The number of nitrogens with zero attached hydrogens (tertiary/aromatic N) is 6. The van der Waals surface area contributed by atoms with Crippen LogP contribution in [0.5, 0.6) is 5.75 Å². The van der Waals surface area contributed by atoms with E-state index in [2.05, 4.69) is 49.6 Å². The molecule has 1 aromatic heterocycles. The molecule has 174 valence electrons. The number of tetrazole rings is 1. The van der Waals surface area contributed by atoms with Crippen LogP contribution in [-0.2, 0) is 6.54 Å².